The monoisotopic (exact) mass is 432 g/mol. The van der Waals surface area contributed by atoms with Crippen molar-refractivity contribution < 1.29 is 19.7 Å². The van der Waals surface area contributed by atoms with Crippen LogP contribution in [0.1, 0.15) is 17.4 Å². The molecule has 4 unspecified atom stereocenters. The second-order valence-electron chi connectivity index (χ2n) is 6.99. The highest BCUT2D eigenvalue weighted by Gasteiger charge is 2.47. The number of benzene rings is 1. The van der Waals surface area contributed by atoms with Gasteiger partial charge in [0.2, 0.25) is 5.28 Å². The molecule has 10 nitrogen and oxygen atoms in total. The number of imidazole rings is 1. The minimum Gasteiger partial charge on any atom is -0.387 e. The molecule has 1 aliphatic heterocycles. The summed E-state index contributed by atoms with van der Waals surface area (Å²) in [5, 5.41) is 26.2. The summed E-state index contributed by atoms with van der Waals surface area (Å²) < 4.78 is 7.03. The quantitative estimate of drug-likeness (QED) is 0.434. The van der Waals surface area contributed by atoms with E-state index >= 15 is 0 Å². The Kier molecular flexibility index (Phi) is 5.56. The van der Waals surface area contributed by atoms with Gasteiger partial charge >= 0.3 is 0 Å². The van der Waals surface area contributed by atoms with Crippen LogP contribution >= 0.6 is 11.6 Å². The number of anilines is 1. The Morgan fingerprint density at radius 3 is 2.77 bits per heavy atom. The van der Waals surface area contributed by atoms with E-state index in [1.807, 2.05) is 31.2 Å². The number of carbonyl (C=O) groups is 1. The average Bonchev–Trinajstić information content (AvgIpc) is 3.28. The van der Waals surface area contributed by atoms with Crippen LogP contribution in [0.2, 0.25) is 5.28 Å². The van der Waals surface area contributed by atoms with Crippen molar-refractivity contribution in [2.24, 2.45) is 0 Å². The third-order valence-electron chi connectivity index (χ3n) is 5.12. The lowest BCUT2D eigenvalue weighted by atomic mass is 10.1. The lowest BCUT2D eigenvalue weighted by molar-refractivity contribution is -0.137. The number of amides is 1. The van der Waals surface area contributed by atoms with Gasteiger partial charge in [-0.2, -0.15) is 9.97 Å². The summed E-state index contributed by atoms with van der Waals surface area (Å²) in [6.07, 6.45) is -3.64. The summed E-state index contributed by atoms with van der Waals surface area (Å²) in [7, 11) is 1.42. The van der Waals surface area contributed by atoms with Gasteiger partial charge in [-0.3, -0.25) is 9.36 Å². The zero-order valence-electron chi connectivity index (χ0n) is 16.3. The highest BCUT2D eigenvalue weighted by molar-refractivity contribution is 6.28. The molecule has 4 atom stereocenters. The minimum atomic E-state index is -1.40. The SMILES string of the molecule is CNC(=O)C1OC(n2cnc3c(NCc4ccccc4C)nc(Cl)nc32)C(O)C1O. The average molecular weight is 433 g/mol. The maximum Gasteiger partial charge on any atom is 0.251 e. The van der Waals surface area contributed by atoms with E-state index < -0.39 is 30.4 Å². The molecule has 1 fully saturated rings. The maximum absolute atomic E-state index is 11.9. The summed E-state index contributed by atoms with van der Waals surface area (Å²) in [5.74, 6) is -0.121. The van der Waals surface area contributed by atoms with Crippen LogP contribution in [0.15, 0.2) is 30.6 Å². The first kappa shape index (κ1) is 20.5. The Morgan fingerprint density at radius 1 is 1.27 bits per heavy atom. The second kappa shape index (κ2) is 8.15. The Hall–Kier alpha value is -2.79. The van der Waals surface area contributed by atoms with Crippen molar-refractivity contribution in [2.75, 3.05) is 12.4 Å². The fourth-order valence-electron chi connectivity index (χ4n) is 3.44. The third-order valence-corrected chi connectivity index (χ3v) is 5.29. The van der Waals surface area contributed by atoms with E-state index in [9.17, 15) is 15.0 Å². The van der Waals surface area contributed by atoms with Crippen molar-refractivity contribution in [1.82, 2.24) is 24.8 Å². The number of ether oxygens (including phenoxy) is 1. The molecule has 0 spiro atoms. The maximum atomic E-state index is 11.9. The fraction of sp³-hybridized carbons (Fsp3) is 0.368. The number of nitrogens with zero attached hydrogens (tertiary/aromatic N) is 4. The van der Waals surface area contributed by atoms with Gasteiger partial charge in [0.25, 0.3) is 5.91 Å². The molecule has 4 N–H and O–H groups in total. The molecule has 4 rings (SSSR count). The van der Waals surface area contributed by atoms with Gasteiger partial charge in [0.1, 0.15) is 12.2 Å². The predicted octanol–water partition coefficient (Wildman–Crippen LogP) is 0.765. The lowest BCUT2D eigenvalue weighted by Gasteiger charge is -2.16. The number of aliphatic hydroxyl groups is 2. The molecule has 3 aromatic rings. The van der Waals surface area contributed by atoms with Gasteiger partial charge < -0.3 is 25.6 Å². The first-order valence-electron chi connectivity index (χ1n) is 9.32. The number of carbonyl (C=O) groups excluding carboxylic acids is 1. The van der Waals surface area contributed by atoms with Crippen molar-refractivity contribution in [3.63, 3.8) is 0 Å². The van der Waals surface area contributed by atoms with Gasteiger partial charge in [-0.1, -0.05) is 24.3 Å². The van der Waals surface area contributed by atoms with Crippen LogP contribution in [0, 0.1) is 6.92 Å². The molecule has 1 aromatic carbocycles. The van der Waals surface area contributed by atoms with Crippen molar-refractivity contribution in [2.45, 2.75) is 38.0 Å². The molecule has 2 aromatic heterocycles. The van der Waals surface area contributed by atoms with Gasteiger partial charge in [-0.25, -0.2) is 4.98 Å². The Balaban J connectivity index is 1.66. The minimum absolute atomic E-state index is 0.0209. The number of fused-ring (bicyclic) bond motifs is 1. The molecular weight excluding hydrogens is 412 g/mol. The second-order valence-corrected chi connectivity index (χ2v) is 7.33. The summed E-state index contributed by atoms with van der Waals surface area (Å²) in [5.41, 5.74) is 2.94. The van der Waals surface area contributed by atoms with E-state index in [0.29, 0.717) is 23.5 Å². The molecule has 11 heteroatoms. The fourth-order valence-corrected chi connectivity index (χ4v) is 3.60. The smallest absolute Gasteiger partial charge is 0.251 e. The largest absolute Gasteiger partial charge is 0.387 e. The van der Waals surface area contributed by atoms with E-state index in [1.165, 1.54) is 17.9 Å². The molecule has 30 heavy (non-hydrogen) atoms. The van der Waals surface area contributed by atoms with Gasteiger partial charge in [0, 0.05) is 13.6 Å². The number of halogens is 1. The summed E-state index contributed by atoms with van der Waals surface area (Å²) in [6, 6.07) is 7.94. The number of hydrogen-bond acceptors (Lipinski definition) is 8. The molecule has 0 saturated carbocycles. The van der Waals surface area contributed by atoms with Crippen LogP contribution in [-0.4, -0.2) is 61.0 Å². The standard InChI is InChI=1S/C19H21ClN6O4/c1-9-5-3-4-6-10(9)7-22-15-11-16(25-19(20)24-15)26(8-23-11)18-13(28)12(27)14(30-18)17(29)21-2/h3-6,8,12-14,18,27-28H,7H2,1-2H3,(H,21,29)(H,22,24,25). The highest BCUT2D eigenvalue weighted by Crippen LogP contribution is 2.33. The Labute approximate surface area is 176 Å². The first-order valence-corrected chi connectivity index (χ1v) is 9.70. The van der Waals surface area contributed by atoms with Gasteiger partial charge in [-0.05, 0) is 29.7 Å². The lowest BCUT2D eigenvalue weighted by Crippen LogP contribution is -2.41. The summed E-state index contributed by atoms with van der Waals surface area (Å²) >= 11 is 6.12. The number of hydrogen-bond donors (Lipinski definition) is 4. The molecule has 3 heterocycles. The molecule has 158 valence electrons. The van der Waals surface area contributed by atoms with Crippen LogP contribution in [0.25, 0.3) is 11.2 Å². The van der Waals surface area contributed by atoms with Crippen molar-refractivity contribution in [3.8, 4) is 0 Å². The number of aromatic nitrogens is 4. The number of aliphatic hydroxyl groups excluding tert-OH is 2. The highest BCUT2D eigenvalue weighted by atomic mass is 35.5. The zero-order valence-corrected chi connectivity index (χ0v) is 17.0. The van der Waals surface area contributed by atoms with E-state index in [1.54, 1.807) is 0 Å². The third kappa shape index (κ3) is 3.58. The summed E-state index contributed by atoms with van der Waals surface area (Å²) in [4.78, 5) is 24.7. The van der Waals surface area contributed by atoms with Crippen LogP contribution in [-0.2, 0) is 16.1 Å². The molecule has 1 aliphatic rings. The van der Waals surface area contributed by atoms with Gasteiger partial charge in [-0.15, -0.1) is 0 Å². The molecule has 1 saturated heterocycles. The van der Waals surface area contributed by atoms with Crippen molar-refractivity contribution in [3.05, 3.63) is 47.0 Å². The van der Waals surface area contributed by atoms with Gasteiger partial charge in [0.05, 0.1) is 6.33 Å². The van der Waals surface area contributed by atoms with E-state index in [-0.39, 0.29) is 5.28 Å². The molecular formula is C19H21ClN6O4. The number of rotatable bonds is 5. The number of likely N-dealkylation sites (N-methyl/N-ethyl adjacent to an activating group) is 1. The van der Waals surface area contributed by atoms with E-state index in [2.05, 4.69) is 25.6 Å². The Bertz CT molecular complexity index is 1090. The predicted molar refractivity (Wildman–Crippen MR) is 109 cm³/mol. The van der Waals surface area contributed by atoms with Crippen LogP contribution < -0.4 is 10.6 Å². The molecule has 1 amide bonds. The summed E-state index contributed by atoms with van der Waals surface area (Å²) in [6.45, 7) is 2.52. The molecule has 0 aliphatic carbocycles. The molecule has 0 radical (unpaired) electrons. The topological polar surface area (TPSA) is 134 Å². The van der Waals surface area contributed by atoms with Gasteiger partial charge in [0.15, 0.2) is 29.3 Å². The van der Waals surface area contributed by atoms with Crippen LogP contribution in [0.4, 0.5) is 5.82 Å². The van der Waals surface area contributed by atoms with Crippen LogP contribution in [0.5, 0.6) is 0 Å². The normalized spacial score (nSPS) is 23.6. The Morgan fingerprint density at radius 2 is 2.03 bits per heavy atom. The number of aryl methyl sites for hydroxylation is 1. The van der Waals surface area contributed by atoms with Crippen molar-refractivity contribution in [1.29, 1.82) is 0 Å². The van der Waals surface area contributed by atoms with Crippen LogP contribution in [0.3, 0.4) is 0 Å². The first-order chi connectivity index (χ1) is 14.4. The zero-order chi connectivity index (χ0) is 21.4. The van der Waals surface area contributed by atoms with Crippen molar-refractivity contribution >= 4 is 34.5 Å². The van der Waals surface area contributed by atoms with E-state index in [4.69, 9.17) is 16.3 Å². The van der Waals surface area contributed by atoms with E-state index in [0.717, 1.165) is 11.1 Å². The number of nitrogens with one attached hydrogen (secondary N) is 2. The molecule has 0 bridgehead atoms.